The Labute approximate surface area is 273 Å². The summed E-state index contributed by atoms with van der Waals surface area (Å²) in [5.41, 5.74) is 12.1. The summed E-state index contributed by atoms with van der Waals surface area (Å²) in [4.78, 5) is 14.9. The molecular weight excluding hydrogens is 573 g/mol. The molecule has 0 aliphatic heterocycles. The zero-order chi connectivity index (χ0) is 30.9. The Bertz CT molecular complexity index is 2260. The van der Waals surface area contributed by atoms with Crippen molar-refractivity contribution in [3.8, 4) is 62.5 Å². The quantitative estimate of drug-likeness (QED) is 0.202. The van der Waals surface area contributed by atoms with E-state index in [2.05, 4.69) is 60.7 Å². The second-order valence-electron chi connectivity index (χ2n) is 14.3. The minimum atomic E-state index is 0.0575. The summed E-state index contributed by atoms with van der Waals surface area (Å²) in [6.07, 6.45) is 4.13. The number of aromatic nitrogens is 3. The standard InChI is InChI=1S/C43H30N4/c44-24-30-15-8-16-34-38(30)33-18-17-28(20-35(33)43(34)36-22-31-21-32-23-37(43)42(31,32)36)27-13-7-14-29(19-27)41-46-39(25-9-3-1-4-10-25)45-40(47-41)26-11-5-2-6-12-26/h1-20,31-32,36-37H,21-23H2. The Morgan fingerprint density at radius 3 is 1.74 bits per heavy atom. The highest BCUT2D eigenvalue weighted by molar-refractivity contribution is 5.89. The fourth-order valence-electron chi connectivity index (χ4n) is 11.1. The van der Waals surface area contributed by atoms with Gasteiger partial charge in [0.25, 0.3) is 0 Å². The molecule has 6 aromatic rings. The molecule has 4 fully saturated rings. The van der Waals surface area contributed by atoms with Crippen LogP contribution in [-0.2, 0) is 5.41 Å². The van der Waals surface area contributed by atoms with Gasteiger partial charge in [-0.05, 0) is 94.4 Å². The van der Waals surface area contributed by atoms with Gasteiger partial charge in [-0.1, -0.05) is 103 Å². The maximum atomic E-state index is 10.2. The topological polar surface area (TPSA) is 62.5 Å². The molecule has 1 aromatic heterocycles. The van der Waals surface area contributed by atoms with Gasteiger partial charge in [0.1, 0.15) is 0 Å². The van der Waals surface area contributed by atoms with E-state index >= 15 is 0 Å². The van der Waals surface area contributed by atoms with Crippen LogP contribution in [0.3, 0.4) is 0 Å². The van der Waals surface area contributed by atoms with Crippen molar-refractivity contribution >= 4 is 0 Å². The molecule has 0 bridgehead atoms. The highest BCUT2D eigenvalue weighted by Crippen LogP contribution is 2.94. The molecule has 5 aliphatic carbocycles. The zero-order valence-corrected chi connectivity index (χ0v) is 25.8. The van der Waals surface area contributed by atoms with E-state index in [1.165, 1.54) is 47.1 Å². The molecule has 2 spiro atoms. The van der Waals surface area contributed by atoms with Gasteiger partial charge in [0, 0.05) is 27.7 Å². The predicted octanol–water partition coefficient (Wildman–Crippen LogP) is 9.35. The number of fused-ring (bicyclic) bond motifs is 7. The molecule has 4 heteroatoms. The van der Waals surface area contributed by atoms with Crippen molar-refractivity contribution in [2.24, 2.45) is 29.1 Å². The summed E-state index contributed by atoms with van der Waals surface area (Å²) in [6, 6.07) is 44.9. The highest BCUT2D eigenvalue weighted by Gasteiger charge is 2.90. The summed E-state index contributed by atoms with van der Waals surface area (Å²) in [5.74, 6) is 5.30. The summed E-state index contributed by atoms with van der Waals surface area (Å²) in [5, 5.41) is 10.2. The van der Waals surface area contributed by atoms with Gasteiger partial charge in [-0.25, -0.2) is 15.0 Å². The van der Waals surface area contributed by atoms with Gasteiger partial charge in [-0.15, -0.1) is 0 Å². The minimum absolute atomic E-state index is 0.0575. The second kappa shape index (κ2) is 8.90. The van der Waals surface area contributed by atoms with Crippen LogP contribution in [0.4, 0.5) is 0 Å². The van der Waals surface area contributed by atoms with Gasteiger partial charge >= 0.3 is 0 Å². The van der Waals surface area contributed by atoms with Crippen LogP contribution < -0.4 is 0 Å². The second-order valence-corrected chi connectivity index (χ2v) is 14.3. The Morgan fingerprint density at radius 1 is 0.532 bits per heavy atom. The molecule has 0 N–H and O–H groups in total. The Balaban J connectivity index is 1.05. The molecular formula is C43H30N4. The first-order valence-electron chi connectivity index (χ1n) is 16.9. The average Bonchev–Trinajstić information content (AvgIpc) is 3.41. The largest absolute Gasteiger partial charge is 0.208 e. The predicted molar refractivity (Wildman–Crippen MR) is 183 cm³/mol. The van der Waals surface area contributed by atoms with Crippen molar-refractivity contribution in [1.29, 1.82) is 5.26 Å². The first-order valence-corrected chi connectivity index (χ1v) is 16.9. The zero-order valence-electron chi connectivity index (χ0n) is 25.8. The lowest BCUT2D eigenvalue weighted by Gasteiger charge is -2.92. The number of nitriles is 1. The third kappa shape index (κ3) is 3.02. The van der Waals surface area contributed by atoms with Crippen LogP contribution in [-0.4, -0.2) is 15.0 Å². The molecule has 4 saturated carbocycles. The van der Waals surface area contributed by atoms with Crippen molar-refractivity contribution < 1.29 is 0 Å². The Hall–Kier alpha value is -5.40. The molecule has 1 heterocycles. The molecule has 222 valence electrons. The van der Waals surface area contributed by atoms with E-state index in [1.54, 1.807) is 0 Å². The SMILES string of the molecule is N#Cc1cccc2c1-c1ccc(-c3cccc(-c4nc(-c5ccccc5)nc(-c5ccccc5)n4)c3)cc1C21C2CC3CC4CC1C342. The smallest absolute Gasteiger partial charge is 0.164 e. The van der Waals surface area contributed by atoms with Crippen LogP contribution >= 0.6 is 0 Å². The first kappa shape index (κ1) is 25.8. The number of benzene rings is 5. The van der Waals surface area contributed by atoms with Gasteiger partial charge in [-0.3, -0.25) is 0 Å². The molecule has 0 amide bonds. The van der Waals surface area contributed by atoms with Crippen LogP contribution in [0.25, 0.3) is 56.4 Å². The Kier molecular flexibility index (Phi) is 4.87. The first-order chi connectivity index (χ1) is 23.2. The van der Waals surface area contributed by atoms with E-state index < -0.39 is 0 Å². The van der Waals surface area contributed by atoms with Crippen LogP contribution in [0, 0.1) is 40.4 Å². The number of hydrogen-bond acceptors (Lipinski definition) is 4. The van der Waals surface area contributed by atoms with Crippen molar-refractivity contribution in [3.63, 3.8) is 0 Å². The normalized spacial score (nSPS) is 27.9. The number of hydrogen-bond donors (Lipinski definition) is 0. The van der Waals surface area contributed by atoms with E-state index in [0.29, 0.717) is 34.7 Å². The maximum absolute atomic E-state index is 10.2. The average molecular weight is 603 g/mol. The van der Waals surface area contributed by atoms with Crippen molar-refractivity contribution in [2.45, 2.75) is 24.7 Å². The minimum Gasteiger partial charge on any atom is -0.208 e. The Morgan fingerprint density at radius 2 is 1.11 bits per heavy atom. The fraction of sp³-hybridized carbons (Fsp3) is 0.209. The van der Waals surface area contributed by atoms with E-state index in [-0.39, 0.29) is 5.41 Å². The monoisotopic (exact) mass is 602 g/mol. The van der Waals surface area contributed by atoms with E-state index in [0.717, 1.165) is 39.7 Å². The number of rotatable bonds is 4. The van der Waals surface area contributed by atoms with Gasteiger partial charge in [0.2, 0.25) is 0 Å². The van der Waals surface area contributed by atoms with Gasteiger partial charge < -0.3 is 0 Å². The van der Waals surface area contributed by atoms with Crippen LogP contribution in [0.15, 0.2) is 121 Å². The summed E-state index contributed by atoms with van der Waals surface area (Å²) in [6.45, 7) is 0. The van der Waals surface area contributed by atoms with Crippen LogP contribution in [0.2, 0.25) is 0 Å². The summed E-state index contributed by atoms with van der Waals surface area (Å²) in [7, 11) is 0. The summed E-state index contributed by atoms with van der Waals surface area (Å²) >= 11 is 0. The third-order valence-corrected chi connectivity index (χ3v) is 12.8. The van der Waals surface area contributed by atoms with Gasteiger partial charge in [0.15, 0.2) is 17.5 Å². The molecule has 5 aromatic carbocycles. The maximum Gasteiger partial charge on any atom is 0.164 e. The molecule has 4 unspecified atom stereocenters. The molecule has 5 aliphatic rings. The molecule has 0 saturated heterocycles. The van der Waals surface area contributed by atoms with Crippen molar-refractivity contribution in [1.82, 2.24) is 15.0 Å². The van der Waals surface area contributed by atoms with E-state index in [1.807, 2.05) is 66.7 Å². The lowest BCUT2D eigenvalue weighted by molar-refractivity contribution is -0.412. The molecule has 47 heavy (non-hydrogen) atoms. The third-order valence-electron chi connectivity index (χ3n) is 12.8. The molecule has 11 rings (SSSR count). The van der Waals surface area contributed by atoms with Crippen LogP contribution in [0.5, 0.6) is 0 Å². The van der Waals surface area contributed by atoms with Crippen LogP contribution in [0.1, 0.15) is 36.0 Å². The number of nitrogens with zero attached hydrogens (tertiary/aromatic N) is 4. The fourth-order valence-corrected chi connectivity index (χ4v) is 11.1. The van der Waals surface area contributed by atoms with E-state index in [4.69, 9.17) is 15.0 Å². The lowest BCUT2D eigenvalue weighted by Crippen LogP contribution is -2.88. The van der Waals surface area contributed by atoms with Crippen molar-refractivity contribution in [3.05, 3.63) is 138 Å². The molecule has 4 atom stereocenters. The summed E-state index contributed by atoms with van der Waals surface area (Å²) < 4.78 is 0. The van der Waals surface area contributed by atoms with Crippen molar-refractivity contribution in [2.75, 3.05) is 0 Å². The van der Waals surface area contributed by atoms with E-state index in [9.17, 15) is 5.26 Å². The lowest BCUT2D eigenvalue weighted by atomic mass is 9.11. The van der Waals surface area contributed by atoms with Gasteiger partial charge in [0.05, 0.1) is 11.6 Å². The highest BCUT2D eigenvalue weighted by atomic mass is 15.0. The molecule has 4 nitrogen and oxygen atoms in total. The van der Waals surface area contributed by atoms with Gasteiger partial charge in [-0.2, -0.15) is 5.26 Å². The molecule has 0 radical (unpaired) electrons.